The largest absolute Gasteiger partial charge is 0.486 e. The van der Waals surface area contributed by atoms with Crippen LogP contribution in [0.4, 0.5) is 5.69 Å². The van der Waals surface area contributed by atoms with Gasteiger partial charge in [-0.25, -0.2) is 4.98 Å². The molecule has 0 aliphatic heterocycles. The number of ether oxygens (including phenoxy) is 1. The van der Waals surface area contributed by atoms with Crippen molar-refractivity contribution in [3.05, 3.63) is 46.0 Å². The first-order chi connectivity index (χ1) is 9.06. The summed E-state index contributed by atoms with van der Waals surface area (Å²) in [5, 5.41) is 17.1. The maximum atomic E-state index is 10.5. The third-order valence-electron chi connectivity index (χ3n) is 2.38. The Labute approximate surface area is 108 Å². The lowest BCUT2D eigenvalue weighted by atomic mass is 10.3. The zero-order chi connectivity index (χ0) is 13.8. The molecule has 1 heterocycles. The van der Waals surface area contributed by atoms with E-state index >= 15 is 0 Å². The van der Waals surface area contributed by atoms with Crippen molar-refractivity contribution in [2.24, 2.45) is 5.73 Å². The molecular formula is C11H13N5O3. The van der Waals surface area contributed by atoms with Crippen molar-refractivity contribution in [1.82, 2.24) is 15.2 Å². The fourth-order valence-corrected chi connectivity index (χ4v) is 1.39. The average molecular weight is 263 g/mol. The summed E-state index contributed by atoms with van der Waals surface area (Å²) in [5.41, 5.74) is 5.65. The summed E-state index contributed by atoms with van der Waals surface area (Å²) < 4.78 is 5.42. The average Bonchev–Trinajstić information content (AvgIpc) is 2.86. The zero-order valence-corrected chi connectivity index (χ0v) is 10.2. The normalized spacial score (nSPS) is 12.1. The number of hydrogen-bond donors (Lipinski definition) is 2. The second kappa shape index (κ2) is 5.44. The maximum absolute atomic E-state index is 10.5. The number of H-pyrrole nitrogens is 1. The highest BCUT2D eigenvalue weighted by molar-refractivity contribution is 5.35. The summed E-state index contributed by atoms with van der Waals surface area (Å²) in [7, 11) is 0. The molecule has 0 spiro atoms. The minimum absolute atomic E-state index is 0.0197. The second-order valence-electron chi connectivity index (χ2n) is 3.97. The van der Waals surface area contributed by atoms with Gasteiger partial charge in [-0.1, -0.05) is 0 Å². The number of non-ortho nitro benzene ring substituents is 1. The summed E-state index contributed by atoms with van der Waals surface area (Å²) in [5.74, 6) is 1.58. The van der Waals surface area contributed by atoms with Gasteiger partial charge in [-0.05, 0) is 19.1 Å². The van der Waals surface area contributed by atoms with Gasteiger partial charge in [0.1, 0.15) is 12.4 Å². The van der Waals surface area contributed by atoms with Crippen LogP contribution in [0.2, 0.25) is 0 Å². The number of hydrogen-bond acceptors (Lipinski definition) is 6. The number of benzene rings is 1. The number of aromatic amines is 1. The number of nitrogens with two attached hydrogens (primary N) is 1. The molecule has 2 rings (SSSR count). The van der Waals surface area contributed by atoms with E-state index in [1.165, 1.54) is 24.3 Å². The van der Waals surface area contributed by atoms with Crippen LogP contribution < -0.4 is 10.5 Å². The molecule has 1 atom stereocenters. The van der Waals surface area contributed by atoms with Crippen molar-refractivity contribution < 1.29 is 9.66 Å². The quantitative estimate of drug-likeness (QED) is 0.619. The topological polar surface area (TPSA) is 120 Å². The number of nitrogens with zero attached hydrogens (tertiary/aromatic N) is 3. The van der Waals surface area contributed by atoms with E-state index in [4.69, 9.17) is 10.5 Å². The first-order valence-corrected chi connectivity index (χ1v) is 5.60. The van der Waals surface area contributed by atoms with Crippen molar-refractivity contribution >= 4 is 5.69 Å². The van der Waals surface area contributed by atoms with E-state index < -0.39 is 4.92 Å². The van der Waals surface area contributed by atoms with Gasteiger partial charge in [-0.15, -0.1) is 0 Å². The second-order valence-corrected chi connectivity index (χ2v) is 3.97. The standard InChI is InChI=1S/C11H13N5O3/c1-7(12)11-13-10(14-15-11)6-19-9-4-2-8(3-5-9)16(17)18/h2-5,7H,6,12H2,1H3,(H,13,14,15). The molecule has 19 heavy (non-hydrogen) atoms. The molecule has 1 aromatic carbocycles. The minimum atomic E-state index is -0.463. The van der Waals surface area contributed by atoms with Gasteiger partial charge >= 0.3 is 0 Å². The van der Waals surface area contributed by atoms with Gasteiger partial charge in [0.15, 0.2) is 11.6 Å². The van der Waals surface area contributed by atoms with E-state index in [2.05, 4.69) is 15.2 Å². The van der Waals surface area contributed by atoms with Gasteiger partial charge in [0.25, 0.3) is 5.69 Å². The molecule has 8 nitrogen and oxygen atoms in total. The van der Waals surface area contributed by atoms with Crippen LogP contribution in [0.15, 0.2) is 24.3 Å². The number of nitro groups is 1. The Morgan fingerprint density at radius 1 is 1.47 bits per heavy atom. The Kier molecular flexibility index (Phi) is 3.71. The number of aromatic nitrogens is 3. The predicted molar refractivity (Wildman–Crippen MR) is 66.4 cm³/mol. The SMILES string of the molecule is CC(N)c1n[nH]c(COc2ccc([N+](=O)[O-])cc2)n1. The molecule has 0 radical (unpaired) electrons. The van der Waals surface area contributed by atoms with Crippen LogP contribution in [0, 0.1) is 10.1 Å². The lowest BCUT2D eigenvalue weighted by Crippen LogP contribution is -2.07. The van der Waals surface area contributed by atoms with E-state index in [-0.39, 0.29) is 18.3 Å². The highest BCUT2D eigenvalue weighted by Gasteiger charge is 2.08. The number of rotatable bonds is 5. The van der Waals surface area contributed by atoms with E-state index in [0.29, 0.717) is 17.4 Å². The first kappa shape index (κ1) is 13.0. The van der Waals surface area contributed by atoms with Gasteiger partial charge in [0, 0.05) is 12.1 Å². The Hall–Kier alpha value is -2.48. The molecule has 0 saturated carbocycles. The van der Waals surface area contributed by atoms with Crippen molar-refractivity contribution in [3.63, 3.8) is 0 Å². The molecule has 1 aromatic heterocycles. The Morgan fingerprint density at radius 2 is 2.16 bits per heavy atom. The highest BCUT2D eigenvalue weighted by Crippen LogP contribution is 2.18. The Balaban J connectivity index is 1.96. The molecule has 0 aliphatic rings. The van der Waals surface area contributed by atoms with E-state index in [0.717, 1.165) is 0 Å². The van der Waals surface area contributed by atoms with Gasteiger partial charge in [-0.3, -0.25) is 15.2 Å². The summed E-state index contributed by atoms with van der Waals surface area (Å²) in [4.78, 5) is 14.2. The molecule has 2 aromatic rings. The van der Waals surface area contributed by atoms with Crippen LogP contribution in [-0.4, -0.2) is 20.1 Å². The third kappa shape index (κ3) is 3.26. The zero-order valence-electron chi connectivity index (χ0n) is 10.2. The Bertz CT molecular complexity index is 564. The van der Waals surface area contributed by atoms with Gasteiger partial charge < -0.3 is 10.5 Å². The first-order valence-electron chi connectivity index (χ1n) is 5.60. The summed E-state index contributed by atoms with van der Waals surface area (Å²) in [6.45, 7) is 1.97. The molecule has 3 N–H and O–H groups in total. The molecule has 1 unspecified atom stereocenters. The molecule has 0 bridgehead atoms. The fourth-order valence-electron chi connectivity index (χ4n) is 1.39. The van der Waals surface area contributed by atoms with Crippen LogP contribution in [0.1, 0.15) is 24.6 Å². The van der Waals surface area contributed by atoms with Crippen LogP contribution >= 0.6 is 0 Å². The van der Waals surface area contributed by atoms with Crippen LogP contribution in [0.25, 0.3) is 0 Å². The molecule has 0 fully saturated rings. The van der Waals surface area contributed by atoms with Gasteiger partial charge in [0.2, 0.25) is 0 Å². The van der Waals surface area contributed by atoms with E-state index in [1.54, 1.807) is 6.92 Å². The van der Waals surface area contributed by atoms with Crippen molar-refractivity contribution in [2.75, 3.05) is 0 Å². The molecule has 8 heteroatoms. The van der Waals surface area contributed by atoms with Crippen LogP contribution in [0.3, 0.4) is 0 Å². The van der Waals surface area contributed by atoms with Crippen LogP contribution in [0.5, 0.6) is 5.75 Å². The van der Waals surface area contributed by atoms with E-state index in [1.807, 2.05) is 0 Å². The molecule has 100 valence electrons. The lowest BCUT2D eigenvalue weighted by molar-refractivity contribution is -0.384. The number of nitrogens with one attached hydrogen (secondary N) is 1. The number of nitro benzene ring substituents is 1. The molecule has 0 saturated heterocycles. The summed E-state index contributed by atoms with van der Waals surface area (Å²) in [6, 6.07) is 5.57. The van der Waals surface area contributed by atoms with Gasteiger partial charge in [-0.2, -0.15) is 5.10 Å². The third-order valence-corrected chi connectivity index (χ3v) is 2.38. The van der Waals surface area contributed by atoms with Crippen molar-refractivity contribution in [3.8, 4) is 5.75 Å². The molecule has 0 amide bonds. The highest BCUT2D eigenvalue weighted by atomic mass is 16.6. The van der Waals surface area contributed by atoms with Crippen LogP contribution in [-0.2, 0) is 6.61 Å². The Morgan fingerprint density at radius 3 is 2.68 bits per heavy atom. The molecule has 0 aliphatic carbocycles. The van der Waals surface area contributed by atoms with E-state index in [9.17, 15) is 10.1 Å². The van der Waals surface area contributed by atoms with Crippen molar-refractivity contribution in [2.45, 2.75) is 19.6 Å². The minimum Gasteiger partial charge on any atom is -0.486 e. The predicted octanol–water partition coefficient (Wildman–Crippen LogP) is 1.31. The monoisotopic (exact) mass is 263 g/mol. The fraction of sp³-hybridized carbons (Fsp3) is 0.273. The maximum Gasteiger partial charge on any atom is 0.269 e. The molecular weight excluding hydrogens is 250 g/mol. The lowest BCUT2D eigenvalue weighted by Gasteiger charge is -2.03. The summed E-state index contributed by atoms with van der Waals surface area (Å²) in [6.07, 6.45) is 0. The smallest absolute Gasteiger partial charge is 0.269 e. The van der Waals surface area contributed by atoms with Crippen molar-refractivity contribution in [1.29, 1.82) is 0 Å². The van der Waals surface area contributed by atoms with Gasteiger partial charge in [0.05, 0.1) is 11.0 Å². The summed E-state index contributed by atoms with van der Waals surface area (Å²) >= 11 is 0.